The zero-order valence-electron chi connectivity index (χ0n) is 11.7. The van der Waals surface area contributed by atoms with Crippen LogP contribution >= 0.6 is 11.8 Å². The molecule has 1 N–H and O–H groups in total. The van der Waals surface area contributed by atoms with Crippen molar-refractivity contribution in [1.29, 1.82) is 0 Å². The summed E-state index contributed by atoms with van der Waals surface area (Å²) >= 11 is 1.50. The van der Waals surface area contributed by atoms with Crippen molar-refractivity contribution in [2.45, 2.75) is 10.1 Å². The monoisotopic (exact) mass is 312 g/mol. The number of anilines is 1. The third kappa shape index (κ3) is 3.29. The number of hydrogen-bond acceptors (Lipinski definition) is 6. The molecular weight excluding hydrogens is 300 g/mol. The van der Waals surface area contributed by atoms with Crippen molar-refractivity contribution < 1.29 is 4.79 Å². The van der Waals surface area contributed by atoms with E-state index in [4.69, 9.17) is 0 Å². The van der Waals surface area contributed by atoms with Gasteiger partial charge >= 0.3 is 0 Å². The van der Waals surface area contributed by atoms with Gasteiger partial charge in [0.1, 0.15) is 12.0 Å². The number of rotatable bonds is 4. The van der Waals surface area contributed by atoms with Crippen LogP contribution in [0.15, 0.2) is 59.2 Å². The molecule has 0 bridgehead atoms. The Kier molecular flexibility index (Phi) is 4.10. The minimum atomic E-state index is -0.290. The van der Waals surface area contributed by atoms with Gasteiger partial charge in [0.05, 0.1) is 6.20 Å². The van der Waals surface area contributed by atoms with E-state index < -0.39 is 0 Å². The Morgan fingerprint density at radius 3 is 2.68 bits per heavy atom. The number of aromatic nitrogens is 5. The first kappa shape index (κ1) is 14.2. The standard InChI is InChI=1S/C14H12N6OS/c1-20-9-17-19-14(20)22-11-4-2-10(3-5-11)18-13(21)12-8-15-6-7-16-12/h2-9H,1H3,(H,18,21). The van der Waals surface area contributed by atoms with Gasteiger partial charge in [0.25, 0.3) is 5.91 Å². The first-order chi connectivity index (χ1) is 10.7. The Balaban J connectivity index is 1.67. The van der Waals surface area contributed by atoms with Gasteiger partial charge in [-0.2, -0.15) is 0 Å². The number of nitrogens with one attached hydrogen (secondary N) is 1. The lowest BCUT2D eigenvalue weighted by Gasteiger charge is -2.05. The molecule has 3 rings (SSSR count). The molecule has 0 spiro atoms. The smallest absolute Gasteiger partial charge is 0.275 e. The van der Waals surface area contributed by atoms with Gasteiger partial charge in [-0.15, -0.1) is 10.2 Å². The summed E-state index contributed by atoms with van der Waals surface area (Å²) < 4.78 is 1.84. The highest BCUT2D eigenvalue weighted by molar-refractivity contribution is 7.99. The van der Waals surface area contributed by atoms with Crippen LogP contribution in [-0.2, 0) is 7.05 Å². The zero-order valence-corrected chi connectivity index (χ0v) is 12.5. The SMILES string of the molecule is Cn1cnnc1Sc1ccc(NC(=O)c2cnccn2)cc1. The maximum Gasteiger partial charge on any atom is 0.275 e. The van der Waals surface area contributed by atoms with Crippen LogP contribution in [0.25, 0.3) is 0 Å². The van der Waals surface area contributed by atoms with Crippen LogP contribution in [0.3, 0.4) is 0 Å². The normalized spacial score (nSPS) is 10.4. The van der Waals surface area contributed by atoms with Crippen LogP contribution in [0.5, 0.6) is 0 Å². The topological polar surface area (TPSA) is 85.6 Å². The molecule has 1 amide bonds. The van der Waals surface area contributed by atoms with E-state index in [2.05, 4.69) is 25.5 Å². The average molecular weight is 312 g/mol. The predicted molar refractivity (Wildman–Crippen MR) is 81.6 cm³/mol. The van der Waals surface area contributed by atoms with Crippen molar-refractivity contribution in [1.82, 2.24) is 24.7 Å². The lowest BCUT2D eigenvalue weighted by molar-refractivity contribution is 0.102. The zero-order chi connectivity index (χ0) is 15.4. The molecule has 0 saturated heterocycles. The molecule has 0 aliphatic heterocycles. The molecule has 0 unspecified atom stereocenters. The molecule has 2 aromatic heterocycles. The average Bonchev–Trinajstić information content (AvgIpc) is 2.95. The molecule has 0 atom stereocenters. The van der Waals surface area contributed by atoms with E-state index >= 15 is 0 Å². The van der Waals surface area contributed by atoms with Crippen LogP contribution in [-0.4, -0.2) is 30.6 Å². The lowest BCUT2D eigenvalue weighted by Crippen LogP contribution is -2.13. The van der Waals surface area contributed by atoms with E-state index in [-0.39, 0.29) is 11.6 Å². The number of hydrogen-bond donors (Lipinski definition) is 1. The lowest BCUT2D eigenvalue weighted by atomic mass is 10.3. The third-order valence-corrected chi connectivity index (χ3v) is 3.85. The van der Waals surface area contributed by atoms with Crippen molar-refractivity contribution in [3.8, 4) is 0 Å². The van der Waals surface area contributed by atoms with Gasteiger partial charge in [-0.05, 0) is 36.0 Å². The number of carbonyl (C=O) groups is 1. The van der Waals surface area contributed by atoms with E-state index in [0.717, 1.165) is 10.1 Å². The summed E-state index contributed by atoms with van der Waals surface area (Å²) in [4.78, 5) is 20.8. The van der Waals surface area contributed by atoms with Crippen molar-refractivity contribution in [3.63, 3.8) is 0 Å². The Bertz CT molecular complexity index is 772. The summed E-state index contributed by atoms with van der Waals surface area (Å²) in [5, 5.41) is 11.4. The largest absolute Gasteiger partial charge is 0.321 e. The predicted octanol–water partition coefficient (Wildman–Crippen LogP) is 2.01. The van der Waals surface area contributed by atoms with E-state index in [0.29, 0.717) is 5.69 Å². The Labute approximate surface area is 130 Å². The van der Waals surface area contributed by atoms with Crippen LogP contribution in [0.4, 0.5) is 5.69 Å². The molecule has 7 nitrogen and oxygen atoms in total. The Morgan fingerprint density at radius 2 is 2.05 bits per heavy atom. The number of benzene rings is 1. The highest BCUT2D eigenvalue weighted by Crippen LogP contribution is 2.26. The van der Waals surface area contributed by atoms with Crippen molar-refractivity contribution >= 4 is 23.4 Å². The molecule has 110 valence electrons. The summed E-state index contributed by atoms with van der Waals surface area (Å²) in [5.74, 6) is -0.290. The molecule has 2 heterocycles. The molecule has 0 fully saturated rings. The maximum atomic E-state index is 12.0. The first-order valence-electron chi connectivity index (χ1n) is 6.41. The third-order valence-electron chi connectivity index (χ3n) is 2.79. The molecule has 0 radical (unpaired) electrons. The van der Waals surface area contributed by atoms with Gasteiger partial charge in [-0.25, -0.2) is 4.98 Å². The molecule has 0 aliphatic carbocycles. The van der Waals surface area contributed by atoms with Crippen LogP contribution in [0.1, 0.15) is 10.5 Å². The highest BCUT2D eigenvalue weighted by atomic mass is 32.2. The van der Waals surface area contributed by atoms with Gasteiger partial charge in [0.15, 0.2) is 5.16 Å². The fraction of sp³-hybridized carbons (Fsp3) is 0.0714. The summed E-state index contributed by atoms with van der Waals surface area (Å²) in [6.07, 6.45) is 6.08. The summed E-state index contributed by atoms with van der Waals surface area (Å²) in [7, 11) is 1.89. The van der Waals surface area contributed by atoms with Gasteiger partial charge in [0, 0.05) is 30.0 Å². The summed E-state index contributed by atoms with van der Waals surface area (Å²) in [6.45, 7) is 0. The first-order valence-corrected chi connectivity index (χ1v) is 7.23. The van der Waals surface area contributed by atoms with E-state index in [1.807, 2.05) is 35.9 Å². The Hall–Kier alpha value is -2.74. The molecule has 1 aromatic carbocycles. The quantitative estimate of drug-likeness (QED) is 0.793. The van der Waals surface area contributed by atoms with Crippen LogP contribution < -0.4 is 5.32 Å². The summed E-state index contributed by atoms with van der Waals surface area (Å²) in [5.41, 5.74) is 0.970. The number of amides is 1. The second kappa shape index (κ2) is 6.35. The summed E-state index contributed by atoms with van der Waals surface area (Å²) in [6, 6.07) is 7.47. The Morgan fingerprint density at radius 1 is 1.23 bits per heavy atom. The molecule has 0 aliphatic rings. The maximum absolute atomic E-state index is 12.0. The van der Waals surface area contributed by atoms with Gasteiger partial charge < -0.3 is 9.88 Å². The molecule has 0 saturated carbocycles. The molecule has 22 heavy (non-hydrogen) atoms. The molecule has 3 aromatic rings. The minimum Gasteiger partial charge on any atom is -0.321 e. The number of nitrogens with zero attached hydrogens (tertiary/aromatic N) is 5. The van der Waals surface area contributed by atoms with Crippen molar-refractivity contribution in [2.24, 2.45) is 7.05 Å². The van der Waals surface area contributed by atoms with Gasteiger partial charge in [0.2, 0.25) is 0 Å². The highest BCUT2D eigenvalue weighted by Gasteiger charge is 2.08. The van der Waals surface area contributed by atoms with Gasteiger partial charge in [-0.3, -0.25) is 9.78 Å². The number of carbonyl (C=O) groups excluding carboxylic acids is 1. The van der Waals surface area contributed by atoms with E-state index in [1.54, 1.807) is 6.33 Å². The molecule has 8 heteroatoms. The molecular formula is C14H12N6OS. The fourth-order valence-electron chi connectivity index (χ4n) is 1.69. The van der Waals surface area contributed by atoms with Crippen LogP contribution in [0, 0.1) is 0 Å². The van der Waals surface area contributed by atoms with Crippen molar-refractivity contribution in [2.75, 3.05) is 5.32 Å². The second-order valence-corrected chi connectivity index (χ2v) is 5.44. The van der Waals surface area contributed by atoms with E-state index in [9.17, 15) is 4.79 Å². The second-order valence-electron chi connectivity index (χ2n) is 4.40. The number of aryl methyl sites for hydroxylation is 1. The van der Waals surface area contributed by atoms with Crippen LogP contribution in [0.2, 0.25) is 0 Å². The fourth-order valence-corrected chi connectivity index (χ4v) is 2.45. The van der Waals surface area contributed by atoms with Gasteiger partial charge in [-0.1, -0.05) is 0 Å². The van der Waals surface area contributed by atoms with E-state index in [1.165, 1.54) is 30.4 Å². The van der Waals surface area contributed by atoms with Crippen molar-refractivity contribution in [3.05, 3.63) is 54.9 Å². The minimum absolute atomic E-state index is 0.278.